The number of nitrogens with one attached hydrogen (secondary N) is 2. The van der Waals surface area contributed by atoms with Crippen LogP contribution in [0.5, 0.6) is 0 Å². The van der Waals surface area contributed by atoms with Crippen molar-refractivity contribution in [2.24, 2.45) is 0 Å². The van der Waals surface area contributed by atoms with E-state index in [9.17, 15) is 14.7 Å². The van der Waals surface area contributed by atoms with Crippen molar-refractivity contribution in [1.82, 2.24) is 0 Å². The van der Waals surface area contributed by atoms with Gasteiger partial charge in [-0.15, -0.1) is 0 Å². The molecule has 4 N–H and O–H groups in total. The number of aliphatic hydroxyl groups excluding tert-OH is 1. The van der Waals surface area contributed by atoms with Crippen LogP contribution in [0.4, 0.5) is 21.9 Å². The summed E-state index contributed by atoms with van der Waals surface area (Å²) in [5, 5.41) is 24.4. The number of carboxylic acid groups (broad SMARTS) is 1. The van der Waals surface area contributed by atoms with Crippen molar-refractivity contribution >= 4 is 29.1 Å². The van der Waals surface area contributed by atoms with Gasteiger partial charge in [-0.2, -0.15) is 0 Å². The van der Waals surface area contributed by atoms with Gasteiger partial charge < -0.3 is 25.7 Å². The first kappa shape index (κ1) is 16.8. The van der Waals surface area contributed by atoms with E-state index in [-0.39, 0.29) is 5.56 Å². The van der Waals surface area contributed by atoms with E-state index in [2.05, 4.69) is 10.6 Å². The molecule has 0 aliphatic carbocycles. The zero-order valence-electron chi connectivity index (χ0n) is 13.7. The molecule has 1 heterocycles. The molecule has 2 aromatic carbocycles. The Hall–Kier alpha value is -3.06. The first-order valence-electron chi connectivity index (χ1n) is 7.86. The van der Waals surface area contributed by atoms with E-state index in [4.69, 9.17) is 5.11 Å². The lowest BCUT2D eigenvalue weighted by molar-refractivity contribution is 0.0697. The van der Waals surface area contributed by atoms with Gasteiger partial charge in [0.25, 0.3) is 0 Å². The topological polar surface area (TPSA) is 102 Å². The zero-order chi connectivity index (χ0) is 18.0. The van der Waals surface area contributed by atoms with Gasteiger partial charge in [-0.3, -0.25) is 0 Å². The Morgan fingerprint density at radius 3 is 2.68 bits per heavy atom. The number of amides is 2. The van der Waals surface area contributed by atoms with E-state index >= 15 is 0 Å². The number of nitrogens with zero attached hydrogens (tertiary/aromatic N) is 1. The largest absolute Gasteiger partial charge is 0.478 e. The summed E-state index contributed by atoms with van der Waals surface area (Å²) in [5.41, 5.74) is 2.95. The highest BCUT2D eigenvalue weighted by molar-refractivity contribution is 6.01. The third kappa shape index (κ3) is 3.72. The molecular formula is C18H19N3O4. The molecule has 1 aliphatic heterocycles. The van der Waals surface area contributed by atoms with Crippen LogP contribution in [0.2, 0.25) is 0 Å². The van der Waals surface area contributed by atoms with Crippen LogP contribution in [0.25, 0.3) is 0 Å². The molecule has 25 heavy (non-hydrogen) atoms. The van der Waals surface area contributed by atoms with E-state index in [1.807, 2.05) is 24.1 Å². The standard InChI is InChI=1S/C18H19N3O4/c1-21-10-13(22)9-14-15(6-3-7-16(14)21)20-18(25)19-12-5-2-4-11(8-12)17(23)24/h2-8,13,22H,9-10H2,1H3,(H,23,24)(H2,19,20,25). The van der Waals surface area contributed by atoms with Crippen LogP contribution in [0.3, 0.4) is 0 Å². The number of urea groups is 1. The van der Waals surface area contributed by atoms with Crippen LogP contribution in [-0.2, 0) is 6.42 Å². The van der Waals surface area contributed by atoms with E-state index in [1.165, 1.54) is 12.1 Å². The second-order valence-electron chi connectivity index (χ2n) is 6.01. The second-order valence-corrected chi connectivity index (χ2v) is 6.01. The molecular weight excluding hydrogens is 322 g/mol. The predicted octanol–water partition coefficient (Wildman–Crippen LogP) is 2.38. The molecule has 0 saturated carbocycles. The molecule has 1 aliphatic rings. The van der Waals surface area contributed by atoms with Gasteiger partial charge in [0.1, 0.15) is 0 Å². The Morgan fingerprint density at radius 1 is 1.16 bits per heavy atom. The zero-order valence-corrected chi connectivity index (χ0v) is 13.7. The number of anilines is 3. The molecule has 0 spiro atoms. The first-order chi connectivity index (χ1) is 11.9. The molecule has 0 fully saturated rings. The SMILES string of the molecule is CN1CC(O)Cc2c(NC(=O)Nc3cccc(C(=O)O)c3)cccc21. The minimum absolute atomic E-state index is 0.0969. The maximum absolute atomic E-state index is 12.3. The average molecular weight is 341 g/mol. The Kier molecular flexibility index (Phi) is 4.58. The molecule has 7 nitrogen and oxygen atoms in total. The molecule has 7 heteroatoms. The van der Waals surface area contributed by atoms with Gasteiger partial charge in [-0.1, -0.05) is 12.1 Å². The summed E-state index contributed by atoms with van der Waals surface area (Å²) in [4.78, 5) is 25.2. The van der Waals surface area contributed by atoms with Gasteiger partial charge in [0.2, 0.25) is 0 Å². The maximum atomic E-state index is 12.3. The number of hydrogen-bond acceptors (Lipinski definition) is 4. The summed E-state index contributed by atoms with van der Waals surface area (Å²) in [7, 11) is 1.89. The maximum Gasteiger partial charge on any atom is 0.335 e. The van der Waals surface area contributed by atoms with E-state index in [0.717, 1.165) is 11.3 Å². The van der Waals surface area contributed by atoms with Crippen molar-refractivity contribution in [2.45, 2.75) is 12.5 Å². The van der Waals surface area contributed by atoms with Gasteiger partial charge in [-0.25, -0.2) is 9.59 Å². The number of likely N-dealkylation sites (N-methyl/N-ethyl adjacent to an activating group) is 1. The molecule has 1 atom stereocenters. The Labute approximate surface area is 144 Å². The first-order valence-corrected chi connectivity index (χ1v) is 7.86. The lowest BCUT2D eigenvalue weighted by Gasteiger charge is -2.32. The lowest BCUT2D eigenvalue weighted by atomic mass is 9.98. The summed E-state index contributed by atoms with van der Waals surface area (Å²) < 4.78 is 0. The van der Waals surface area contributed by atoms with Gasteiger partial charge in [-0.05, 0) is 30.3 Å². The molecule has 130 valence electrons. The van der Waals surface area contributed by atoms with Crippen molar-refractivity contribution in [3.63, 3.8) is 0 Å². The summed E-state index contributed by atoms with van der Waals surface area (Å²) in [6, 6.07) is 11.1. The van der Waals surface area contributed by atoms with E-state index in [0.29, 0.717) is 24.3 Å². The van der Waals surface area contributed by atoms with Crippen LogP contribution >= 0.6 is 0 Å². The minimum atomic E-state index is -1.06. The Balaban J connectivity index is 1.77. The van der Waals surface area contributed by atoms with Crippen molar-refractivity contribution in [3.05, 3.63) is 53.6 Å². The summed E-state index contributed by atoms with van der Waals surface area (Å²) in [5.74, 6) is -1.06. The monoisotopic (exact) mass is 341 g/mol. The molecule has 2 amide bonds. The molecule has 1 unspecified atom stereocenters. The van der Waals surface area contributed by atoms with Gasteiger partial charge in [0.05, 0.1) is 11.7 Å². The number of carboxylic acids is 1. The van der Waals surface area contributed by atoms with Crippen molar-refractivity contribution < 1.29 is 19.8 Å². The van der Waals surface area contributed by atoms with Gasteiger partial charge >= 0.3 is 12.0 Å². The fraction of sp³-hybridized carbons (Fsp3) is 0.222. The fourth-order valence-electron chi connectivity index (χ4n) is 2.99. The van der Waals surface area contributed by atoms with Crippen LogP contribution in [0.15, 0.2) is 42.5 Å². The van der Waals surface area contributed by atoms with Gasteiger partial charge in [0, 0.05) is 42.6 Å². The smallest absolute Gasteiger partial charge is 0.335 e. The molecule has 2 aromatic rings. The number of aromatic carboxylic acids is 1. The van der Waals surface area contributed by atoms with E-state index in [1.54, 1.807) is 18.2 Å². The number of rotatable bonds is 3. The number of hydrogen-bond donors (Lipinski definition) is 4. The summed E-state index contributed by atoms with van der Waals surface area (Å²) in [6.07, 6.45) is -0.0271. The predicted molar refractivity (Wildman–Crippen MR) is 95.5 cm³/mol. The lowest BCUT2D eigenvalue weighted by Crippen LogP contribution is -2.36. The number of benzene rings is 2. The second kappa shape index (κ2) is 6.82. The van der Waals surface area contributed by atoms with Crippen molar-refractivity contribution in [2.75, 3.05) is 29.1 Å². The molecule has 0 saturated heterocycles. The number of β-amino-alcohol motifs (C(OH)–C–C–N with tert-alkyl or cyclic N) is 1. The summed E-state index contributed by atoms with van der Waals surface area (Å²) >= 11 is 0. The fourth-order valence-corrected chi connectivity index (χ4v) is 2.99. The van der Waals surface area contributed by atoms with Crippen molar-refractivity contribution in [3.8, 4) is 0 Å². The molecule has 0 radical (unpaired) electrons. The highest BCUT2D eigenvalue weighted by Gasteiger charge is 2.23. The quantitative estimate of drug-likeness (QED) is 0.686. The van der Waals surface area contributed by atoms with Crippen LogP contribution < -0.4 is 15.5 Å². The number of aliphatic hydroxyl groups is 1. The minimum Gasteiger partial charge on any atom is -0.478 e. The van der Waals surface area contributed by atoms with Crippen LogP contribution in [-0.4, -0.2) is 41.9 Å². The number of fused-ring (bicyclic) bond motifs is 1. The van der Waals surface area contributed by atoms with E-state index < -0.39 is 18.1 Å². The number of carbonyl (C=O) groups excluding carboxylic acids is 1. The Morgan fingerprint density at radius 2 is 1.92 bits per heavy atom. The molecule has 3 rings (SSSR count). The highest BCUT2D eigenvalue weighted by Crippen LogP contribution is 2.32. The Bertz CT molecular complexity index is 822. The highest BCUT2D eigenvalue weighted by atomic mass is 16.4. The van der Waals surface area contributed by atoms with Gasteiger partial charge in [0.15, 0.2) is 0 Å². The third-order valence-electron chi connectivity index (χ3n) is 4.10. The van der Waals surface area contributed by atoms with Crippen molar-refractivity contribution in [1.29, 1.82) is 0 Å². The van der Waals surface area contributed by atoms with Crippen LogP contribution in [0.1, 0.15) is 15.9 Å². The normalized spacial score (nSPS) is 16.1. The third-order valence-corrected chi connectivity index (χ3v) is 4.10. The number of carbonyl (C=O) groups is 2. The summed E-state index contributed by atoms with van der Waals surface area (Å²) in [6.45, 7) is 0.546. The average Bonchev–Trinajstić information content (AvgIpc) is 2.55. The molecule has 0 aromatic heterocycles. The molecule has 0 bridgehead atoms. The van der Waals surface area contributed by atoms with Crippen LogP contribution in [0, 0.1) is 0 Å².